The second-order valence-corrected chi connectivity index (χ2v) is 4.80. The van der Waals surface area contributed by atoms with E-state index in [1.165, 1.54) is 11.5 Å². The van der Waals surface area contributed by atoms with Crippen LogP contribution in [0.3, 0.4) is 0 Å². The zero-order chi connectivity index (χ0) is 8.81. The fourth-order valence-electron chi connectivity index (χ4n) is 0.791. The van der Waals surface area contributed by atoms with Crippen molar-refractivity contribution in [2.75, 3.05) is 5.75 Å². The lowest BCUT2D eigenvalue weighted by Crippen LogP contribution is -2.14. The normalized spacial score (nSPS) is 13.2. The summed E-state index contributed by atoms with van der Waals surface area (Å²) >= 11 is 3.21. The lowest BCUT2D eigenvalue weighted by atomic mass is 10.2. The first-order chi connectivity index (χ1) is 5.79. The van der Waals surface area contributed by atoms with Gasteiger partial charge in [-0.1, -0.05) is 11.8 Å². The molecule has 0 spiro atoms. The summed E-state index contributed by atoms with van der Waals surface area (Å²) in [7, 11) is 0. The lowest BCUT2D eigenvalue weighted by Gasteiger charge is -2.01. The molecule has 0 radical (unpaired) electrons. The van der Waals surface area contributed by atoms with Gasteiger partial charge in [0.15, 0.2) is 4.34 Å². The summed E-state index contributed by atoms with van der Waals surface area (Å²) in [4.78, 5) is 4.07. The van der Waals surface area contributed by atoms with Crippen molar-refractivity contribution in [2.45, 2.75) is 30.1 Å². The van der Waals surface area contributed by atoms with Gasteiger partial charge in [-0.25, -0.2) is 4.98 Å². The Morgan fingerprint density at radius 1 is 1.75 bits per heavy atom. The Balaban J connectivity index is 2.04. The highest BCUT2D eigenvalue weighted by molar-refractivity contribution is 8.00. The molecule has 1 unspecified atom stereocenters. The molecule has 5 heteroatoms. The van der Waals surface area contributed by atoms with Gasteiger partial charge < -0.3 is 5.73 Å². The molecule has 0 saturated heterocycles. The highest BCUT2D eigenvalue weighted by Gasteiger charge is 1.98. The van der Waals surface area contributed by atoms with Gasteiger partial charge in [0.25, 0.3) is 0 Å². The van der Waals surface area contributed by atoms with Gasteiger partial charge in [-0.15, -0.1) is 0 Å². The minimum Gasteiger partial charge on any atom is -0.328 e. The van der Waals surface area contributed by atoms with Gasteiger partial charge in [-0.2, -0.15) is 4.37 Å². The maximum Gasteiger partial charge on any atom is 0.169 e. The van der Waals surface area contributed by atoms with Crippen LogP contribution in [-0.4, -0.2) is 21.2 Å². The maximum atomic E-state index is 5.62. The van der Waals surface area contributed by atoms with Gasteiger partial charge in [-0.3, -0.25) is 0 Å². The smallest absolute Gasteiger partial charge is 0.169 e. The molecule has 2 N–H and O–H groups in total. The van der Waals surface area contributed by atoms with E-state index < -0.39 is 0 Å². The van der Waals surface area contributed by atoms with E-state index in [0.29, 0.717) is 6.04 Å². The molecule has 1 atom stereocenters. The number of hydrogen-bond donors (Lipinski definition) is 1. The minimum absolute atomic E-state index is 0.319. The molecule has 0 amide bonds. The summed E-state index contributed by atoms with van der Waals surface area (Å²) in [6, 6.07) is 0.319. The van der Waals surface area contributed by atoms with E-state index >= 15 is 0 Å². The van der Waals surface area contributed by atoms with E-state index in [1.807, 2.05) is 6.92 Å². The summed E-state index contributed by atoms with van der Waals surface area (Å²) in [5, 5.41) is 0. The maximum absolute atomic E-state index is 5.62. The van der Waals surface area contributed by atoms with Crippen LogP contribution >= 0.6 is 23.3 Å². The largest absolute Gasteiger partial charge is 0.328 e. The van der Waals surface area contributed by atoms with Crippen LogP contribution in [0.25, 0.3) is 0 Å². The van der Waals surface area contributed by atoms with Gasteiger partial charge in [0.1, 0.15) is 6.33 Å². The Morgan fingerprint density at radius 3 is 3.17 bits per heavy atom. The lowest BCUT2D eigenvalue weighted by molar-refractivity contribution is 0.656. The Hall–Kier alpha value is -0.130. The third-order valence-corrected chi connectivity index (χ3v) is 3.25. The highest BCUT2D eigenvalue weighted by Crippen LogP contribution is 2.19. The number of aromatic nitrogens is 2. The van der Waals surface area contributed by atoms with Crippen molar-refractivity contribution in [3.63, 3.8) is 0 Å². The van der Waals surface area contributed by atoms with Gasteiger partial charge in [0.05, 0.1) is 0 Å². The molecule has 0 aromatic carbocycles. The Labute approximate surface area is 80.9 Å². The van der Waals surface area contributed by atoms with Gasteiger partial charge >= 0.3 is 0 Å². The predicted molar refractivity (Wildman–Crippen MR) is 53.5 cm³/mol. The fourth-order valence-corrected chi connectivity index (χ4v) is 2.27. The molecular formula is C7H13N3S2. The third kappa shape index (κ3) is 4.04. The fraction of sp³-hybridized carbons (Fsp3) is 0.714. The second kappa shape index (κ2) is 5.50. The third-order valence-electron chi connectivity index (χ3n) is 1.37. The minimum atomic E-state index is 0.319. The van der Waals surface area contributed by atoms with E-state index in [9.17, 15) is 0 Å². The summed E-state index contributed by atoms with van der Waals surface area (Å²) in [5.41, 5.74) is 5.62. The molecule has 0 saturated carbocycles. The van der Waals surface area contributed by atoms with Crippen molar-refractivity contribution in [1.29, 1.82) is 0 Å². The van der Waals surface area contributed by atoms with E-state index in [-0.39, 0.29) is 0 Å². The molecule has 1 heterocycles. The molecule has 1 rings (SSSR count). The molecule has 12 heavy (non-hydrogen) atoms. The summed E-state index contributed by atoms with van der Waals surface area (Å²) in [6.45, 7) is 2.04. The number of thioether (sulfide) groups is 1. The van der Waals surface area contributed by atoms with Crippen molar-refractivity contribution < 1.29 is 0 Å². The van der Waals surface area contributed by atoms with E-state index in [4.69, 9.17) is 5.73 Å². The summed E-state index contributed by atoms with van der Waals surface area (Å²) < 4.78 is 4.98. The van der Waals surface area contributed by atoms with Crippen molar-refractivity contribution >= 4 is 23.3 Å². The molecule has 0 aliphatic carbocycles. The SMILES string of the molecule is CC(N)CCCSc1ncns1. The number of nitrogens with zero attached hydrogens (tertiary/aromatic N) is 2. The van der Waals surface area contributed by atoms with Crippen LogP contribution < -0.4 is 5.73 Å². The first-order valence-electron chi connectivity index (χ1n) is 3.94. The number of hydrogen-bond acceptors (Lipinski definition) is 5. The summed E-state index contributed by atoms with van der Waals surface area (Å²) in [6.07, 6.45) is 3.84. The molecular weight excluding hydrogens is 190 g/mol. The molecule has 0 bridgehead atoms. The van der Waals surface area contributed by atoms with Crippen LogP contribution in [0.2, 0.25) is 0 Å². The van der Waals surface area contributed by atoms with Gasteiger partial charge in [-0.05, 0) is 31.3 Å². The molecule has 68 valence electrons. The average Bonchev–Trinajstić information content (AvgIpc) is 2.49. The van der Waals surface area contributed by atoms with Crippen molar-refractivity contribution in [1.82, 2.24) is 9.36 Å². The topological polar surface area (TPSA) is 51.8 Å². The van der Waals surface area contributed by atoms with Crippen LogP contribution in [0, 0.1) is 0 Å². The van der Waals surface area contributed by atoms with Crippen molar-refractivity contribution in [3.8, 4) is 0 Å². The zero-order valence-electron chi connectivity index (χ0n) is 7.06. The number of rotatable bonds is 5. The summed E-state index contributed by atoms with van der Waals surface area (Å²) in [5.74, 6) is 1.09. The molecule has 0 aliphatic rings. The molecule has 3 nitrogen and oxygen atoms in total. The molecule has 0 fully saturated rings. The Morgan fingerprint density at radius 2 is 2.58 bits per heavy atom. The highest BCUT2D eigenvalue weighted by atomic mass is 32.2. The van der Waals surface area contributed by atoms with Crippen molar-refractivity contribution in [2.24, 2.45) is 5.73 Å². The number of nitrogens with two attached hydrogens (primary N) is 1. The van der Waals surface area contributed by atoms with Gasteiger partial charge in [0.2, 0.25) is 0 Å². The molecule has 1 aromatic heterocycles. The van der Waals surface area contributed by atoms with Crippen LogP contribution in [0.15, 0.2) is 10.7 Å². The van der Waals surface area contributed by atoms with E-state index in [0.717, 1.165) is 22.9 Å². The first-order valence-corrected chi connectivity index (χ1v) is 5.70. The standard InChI is InChI=1S/C7H13N3S2/c1-6(8)3-2-4-11-7-9-5-10-12-7/h5-6H,2-4,8H2,1H3. The Kier molecular flexibility index (Phi) is 4.57. The van der Waals surface area contributed by atoms with Gasteiger partial charge in [0, 0.05) is 11.8 Å². The van der Waals surface area contributed by atoms with E-state index in [2.05, 4.69) is 9.36 Å². The van der Waals surface area contributed by atoms with Crippen LogP contribution in [-0.2, 0) is 0 Å². The monoisotopic (exact) mass is 203 g/mol. The molecule has 0 aliphatic heterocycles. The average molecular weight is 203 g/mol. The quantitative estimate of drug-likeness (QED) is 0.585. The van der Waals surface area contributed by atoms with E-state index in [1.54, 1.807) is 18.1 Å². The zero-order valence-corrected chi connectivity index (χ0v) is 8.70. The van der Waals surface area contributed by atoms with Crippen LogP contribution in [0.5, 0.6) is 0 Å². The second-order valence-electron chi connectivity index (χ2n) is 2.68. The molecule has 1 aromatic rings. The Bertz CT molecular complexity index is 198. The predicted octanol–water partition coefficient (Wildman–Crippen LogP) is 1.76. The van der Waals surface area contributed by atoms with Crippen molar-refractivity contribution in [3.05, 3.63) is 6.33 Å². The first kappa shape index (κ1) is 9.95. The van der Waals surface area contributed by atoms with Crippen LogP contribution in [0.4, 0.5) is 0 Å². The van der Waals surface area contributed by atoms with Crippen LogP contribution in [0.1, 0.15) is 19.8 Å².